The van der Waals surface area contributed by atoms with Crippen LogP contribution in [0.1, 0.15) is 43.8 Å². The number of aromatic amines is 1. The van der Waals surface area contributed by atoms with Crippen molar-refractivity contribution < 1.29 is 13.5 Å². The number of H-pyrrole nitrogens is 1. The highest BCUT2D eigenvalue weighted by Crippen LogP contribution is 2.33. The van der Waals surface area contributed by atoms with Crippen LogP contribution in [0.5, 0.6) is 5.75 Å². The van der Waals surface area contributed by atoms with Gasteiger partial charge in [0.05, 0.1) is 5.56 Å². The van der Waals surface area contributed by atoms with E-state index >= 15 is 0 Å². The third-order valence-corrected chi connectivity index (χ3v) is 3.84. The Morgan fingerprint density at radius 2 is 1.90 bits per heavy atom. The lowest BCUT2D eigenvalue weighted by Gasteiger charge is -2.18. The molecule has 112 valence electrons. The second kappa shape index (κ2) is 6.20. The van der Waals surface area contributed by atoms with Crippen molar-refractivity contribution in [2.24, 2.45) is 0 Å². The number of halogens is 2. The SMILES string of the molecule is FC(F)Oc1ccccc1-c1n[nH]c(C2CCCCC2)n1. The smallest absolute Gasteiger partial charge is 0.387 e. The Morgan fingerprint density at radius 3 is 2.67 bits per heavy atom. The van der Waals surface area contributed by atoms with E-state index in [9.17, 15) is 8.78 Å². The molecule has 1 aliphatic rings. The molecule has 0 radical (unpaired) electrons. The monoisotopic (exact) mass is 293 g/mol. The zero-order valence-corrected chi connectivity index (χ0v) is 11.6. The highest BCUT2D eigenvalue weighted by atomic mass is 19.3. The topological polar surface area (TPSA) is 50.8 Å². The van der Waals surface area contributed by atoms with E-state index in [0.717, 1.165) is 18.7 Å². The van der Waals surface area contributed by atoms with Crippen molar-refractivity contribution >= 4 is 0 Å². The van der Waals surface area contributed by atoms with Gasteiger partial charge in [-0.15, -0.1) is 0 Å². The summed E-state index contributed by atoms with van der Waals surface area (Å²) >= 11 is 0. The molecule has 0 aliphatic heterocycles. The predicted molar refractivity (Wildman–Crippen MR) is 74.3 cm³/mol. The Bertz CT molecular complexity index is 594. The number of alkyl halides is 2. The molecular formula is C15H17F2N3O. The largest absolute Gasteiger partial charge is 0.434 e. The van der Waals surface area contributed by atoms with Crippen molar-refractivity contribution in [1.82, 2.24) is 15.2 Å². The van der Waals surface area contributed by atoms with E-state index in [1.54, 1.807) is 18.2 Å². The van der Waals surface area contributed by atoms with Gasteiger partial charge in [-0.1, -0.05) is 31.4 Å². The molecule has 4 nitrogen and oxygen atoms in total. The van der Waals surface area contributed by atoms with Gasteiger partial charge in [-0.2, -0.15) is 13.9 Å². The minimum Gasteiger partial charge on any atom is -0.434 e. The second-order valence-corrected chi connectivity index (χ2v) is 5.25. The molecule has 1 heterocycles. The molecule has 2 aromatic rings. The van der Waals surface area contributed by atoms with E-state index < -0.39 is 6.61 Å². The molecule has 21 heavy (non-hydrogen) atoms. The van der Waals surface area contributed by atoms with E-state index in [0.29, 0.717) is 17.3 Å². The van der Waals surface area contributed by atoms with Gasteiger partial charge in [-0.25, -0.2) is 4.98 Å². The van der Waals surface area contributed by atoms with E-state index in [1.165, 1.54) is 25.3 Å². The third kappa shape index (κ3) is 3.20. The highest BCUT2D eigenvalue weighted by molar-refractivity contribution is 5.63. The molecular weight excluding hydrogens is 276 g/mol. The number of nitrogens with one attached hydrogen (secondary N) is 1. The summed E-state index contributed by atoms with van der Waals surface area (Å²) in [5.74, 6) is 1.74. The average Bonchev–Trinajstić information content (AvgIpc) is 2.98. The number of hydrogen-bond donors (Lipinski definition) is 1. The fourth-order valence-corrected chi connectivity index (χ4v) is 2.80. The zero-order valence-electron chi connectivity index (χ0n) is 11.6. The molecule has 1 fully saturated rings. The van der Waals surface area contributed by atoms with Gasteiger partial charge in [-0.05, 0) is 25.0 Å². The summed E-state index contributed by atoms with van der Waals surface area (Å²) in [6.07, 6.45) is 5.87. The first-order valence-corrected chi connectivity index (χ1v) is 7.20. The molecule has 1 N–H and O–H groups in total. The Morgan fingerprint density at radius 1 is 1.14 bits per heavy atom. The van der Waals surface area contributed by atoms with Crippen molar-refractivity contribution in [3.8, 4) is 17.1 Å². The van der Waals surface area contributed by atoms with E-state index in [1.807, 2.05) is 0 Å². The van der Waals surface area contributed by atoms with Crippen LogP contribution in [-0.4, -0.2) is 21.8 Å². The van der Waals surface area contributed by atoms with Gasteiger partial charge in [-0.3, -0.25) is 5.10 Å². The Kier molecular flexibility index (Phi) is 4.13. The van der Waals surface area contributed by atoms with Crippen LogP contribution in [0.25, 0.3) is 11.4 Å². The average molecular weight is 293 g/mol. The molecule has 0 bridgehead atoms. The van der Waals surface area contributed by atoms with Crippen LogP contribution in [0, 0.1) is 0 Å². The molecule has 0 spiro atoms. The predicted octanol–water partition coefficient (Wildman–Crippen LogP) is 4.12. The molecule has 1 saturated carbocycles. The summed E-state index contributed by atoms with van der Waals surface area (Å²) in [5.41, 5.74) is 0.483. The van der Waals surface area contributed by atoms with E-state index in [4.69, 9.17) is 0 Å². The van der Waals surface area contributed by atoms with Gasteiger partial charge in [0.2, 0.25) is 0 Å². The van der Waals surface area contributed by atoms with Crippen LogP contribution in [0.2, 0.25) is 0 Å². The lowest BCUT2D eigenvalue weighted by molar-refractivity contribution is -0.0494. The summed E-state index contributed by atoms with van der Waals surface area (Å²) in [4.78, 5) is 4.48. The number of para-hydroxylation sites is 1. The maximum absolute atomic E-state index is 12.4. The summed E-state index contributed by atoms with van der Waals surface area (Å²) in [6.45, 7) is -2.86. The zero-order chi connectivity index (χ0) is 14.7. The van der Waals surface area contributed by atoms with Crippen molar-refractivity contribution in [2.75, 3.05) is 0 Å². The fraction of sp³-hybridized carbons (Fsp3) is 0.467. The van der Waals surface area contributed by atoms with Crippen LogP contribution < -0.4 is 4.74 Å². The third-order valence-electron chi connectivity index (χ3n) is 3.84. The molecule has 0 atom stereocenters. The fourth-order valence-electron chi connectivity index (χ4n) is 2.80. The number of rotatable bonds is 4. The molecule has 3 rings (SSSR count). The molecule has 0 amide bonds. The summed E-state index contributed by atoms with van der Waals surface area (Å²) < 4.78 is 29.4. The molecule has 6 heteroatoms. The van der Waals surface area contributed by atoms with Crippen molar-refractivity contribution in [3.63, 3.8) is 0 Å². The van der Waals surface area contributed by atoms with Crippen molar-refractivity contribution in [3.05, 3.63) is 30.1 Å². The molecule has 1 aromatic carbocycles. The Balaban J connectivity index is 1.85. The van der Waals surface area contributed by atoms with Gasteiger partial charge >= 0.3 is 6.61 Å². The summed E-state index contributed by atoms with van der Waals surface area (Å²) in [6, 6.07) is 6.59. The molecule has 1 aromatic heterocycles. The first-order chi connectivity index (χ1) is 10.2. The maximum Gasteiger partial charge on any atom is 0.387 e. The number of ether oxygens (including phenoxy) is 1. The van der Waals surface area contributed by atoms with Gasteiger partial charge in [0.25, 0.3) is 0 Å². The molecule has 0 saturated heterocycles. The van der Waals surface area contributed by atoms with Crippen LogP contribution in [0.4, 0.5) is 8.78 Å². The lowest BCUT2D eigenvalue weighted by Crippen LogP contribution is -2.06. The first kappa shape index (κ1) is 14.0. The minimum atomic E-state index is -2.86. The number of nitrogens with zero attached hydrogens (tertiary/aromatic N) is 2. The lowest BCUT2D eigenvalue weighted by atomic mass is 9.89. The van der Waals surface area contributed by atoms with Gasteiger partial charge < -0.3 is 4.74 Å². The normalized spacial score (nSPS) is 16.3. The Hall–Kier alpha value is -1.98. The van der Waals surface area contributed by atoms with Gasteiger partial charge in [0.15, 0.2) is 5.82 Å². The van der Waals surface area contributed by atoms with Crippen LogP contribution in [0.3, 0.4) is 0 Å². The van der Waals surface area contributed by atoms with Crippen LogP contribution >= 0.6 is 0 Å². The van der Waals surface area contributed by atoms with Gasteiger partial charge in [0, 0.05) is 5.92 Å². The van der Waals surface area contributed by atoms with E-state index in [-0.39, 0.29) is 5.75 Å². The summed E-state index contributed by atoms with van der Waals surface area (Å²) in [5, 5.41) is 7.12. The maximum atomic E-state index is 12.4. The first-order valence-electron chi connectivity index (χ1n) is 7.20. The molecule has 0 unspecified atom stereocenters. The Labute approximate surface area is 121 Å². The van der Waals surface area contributed by atoms with Crippen molar-refractivity contribution in [1.29, 1.82) is 0 Å². The highest BCUT2D eigenvalue weighted by Gasteiger charge is 2.21. The standard InChI is InChI=1S/C15H17F2N3O/c16-15(17)21-12-9-5-4-8-11(12)14-18-13(19-20-14)10-6-2-1-3-7-10/h4-5,8-10,15H,1-3,6-7H2,(H,18,19,20). The van der Waals surface area contributed by atoms with Crippen molar-refractivity contribution in [2.45, 2.75) is 44.6 Å². The summed E-state index contributed by atoms with van der Waals surface area (Å²) in [7, 11) is 0. The van der Waals surface area contributed by atoms with E-state index in [2.05, 4.69) is 19.9 Å². The van der Waals surface area contributed by atoms with Crippen LogP contribution in [0.15, 0.2) is 24.3 Å². The number of hydrogen-bond acceptors (Lipinski definition) is 3. The molecule has 1 aliphatic carbocycles. The minimum absolute atomic E-state index is 0.0988. The van der Waals surface area contributed by atoms with Crippen LogP contribution in [-0.2, 0) is 0 Å². The quantitative estimate of drug-likeness (QED) is 0.922. The number of benzene rings is 1. The van der Waals surface area contributed by atoms with Gasteiger partial charge in [0.1, 0.15) is 11.6 Å². The number of aromatic nitrogens is 3. The second-order valence-electron chi connectivity index (χ2n) is 5.25.